The molecule has 1 N–H and O–H groups in total. The number of likely N-dealkylation sites (tertiary alicyclic amines) is 1. The van der Waals surface area contributed by atoms with Crippen molar-refractivity contribution in [3.63, 3.8) is 0 Å². The molecule has 2 aliphatic rings. The molecular formula is C16H25NO2S. The van der Waals surface area contributed by atoms with E-state index in [1.54, 1.807) is 4.88 Å². The summed E-state index contributed by atoms with van der Waals surface area (Å²) < 4.78 is 6.26. The molecule has 1 atom stereocenters. The van der Waals surface area contributed by atoms with Gasteiger partial charge in [0.05, 0.1) is 18.3 Å². The zero-order chi connectivity index (χ0) is 14.2. The molecule has 3 nitrogen and oxygen atoms in total. The minimum Gasteiger partial charge on any atom is -0.392 e. The molecule has 3 heterocycles. The van der Waals surface area contributed by atoms with Crippen LogP contribution in [0.25, 0.3) is 0 Å². The van der Waals surface area contributed by atoms with Crippen LogP contribution in [-0.4, -0.2) is 42.4 Å². The lowest BCUT2D eigenvalue weighted by Gasteiger charge is -2.44. The van der Waals surface area contributed by atoms with Gasteiger partial charge in [-0.05, 0) is 37.8 Å². The van der Waals surface area contributed by atoms with E-state index in [-0.39, 0.29) is 11.7 Å². The molecule has 0 aromatic carbocycles. The number of aliphatic hydroxyl groups is 1. The summed E-state index contributed by atoms with van der Waals surface area (Å²) in [6.45, 7) is 7.81. The number of β-amino-alcohol motifs (C(OH)–C–C–N with tert-alkyl or cyclic N) is 1. The highest BCUT2D eigenvalue weighted by atomic mass is 32.1. The van der Waals surface area contributed by atoms with Crippen LogP contribution in [0.5, 0.6) is 0 Å². The molecule has 112 valence electrons. The third kappa shape index (κ3) is 2.67. The van der Waals surface area contributed by atoms with Crippen LogP contribution in [-0.2, 0) is 23.2 Å². The van der Waals surface area contributed by atoms with Gasteiger partial charge in [-0.3, -0.25) is 0 Å². The van der Waals surface area contributed by atoms with E-state index in [1.807, 2.05) is 18.3 Å². The number of fused-ring (bicyclic) bond motifs is 2. The van der Waals surface area contributed by atoms with Gasteiger partial charge in [0.15, 0.2) is 0 Å². The molecule has 0 bridgehead atoms. The molecule has 0 radical (unpaired) electrons. The lowest BCUT2D eigenvalue weighted by atomic mass is 9.82. The number of hydrogen-bond acceptors (Lipinski definition) is 4. The summed E-state index contributed by atoms with van der Waals surface area (Å²) >= 11 is 1.98. The first kappa shape index (κ1) is 14.5. The van der Waals surface area contributed by atoms with Crippen LogP contribution in [0.1, 0.15) is 42.0 Å². The van der Waals surface area contributed by atoms with Crippen LogP contribution in [0, 0.1) is 0 Å². The van der Waals surface area contributed by atoms with Crippen LogP contribution in [0.2, 0.25) is 0 Å². The minimum atomic E-state index is -0.236. The van der Waals surface area contributed by atoms with Gasteiger partial charge in [-0.1, -0.05) is 6.92 Å². The van der Waals surface area contributed by atoms with Crippen molar-refractivity contribution in [3.8, 4) is 0 Å². The minimum absolute atomic E-state index is 0.0350. The van der Waals surface area contributed by atoms with Crippen LogP contribution in [0.3, 0.4) is 0 Å². The summed E-state index contributed by atoms with van der Waals surface area (Å²) in [5.74, 6) is 0. The topological polar surface area (TPSA) is 32.7 Å². The van der Waals surface area contributed by atoms with Gasteiger partial charge in [-0.2, -0.15) is 0 Å². The third-order valence-electron chi connectivity index (χ3n) is 4.59. The largest absolute Gasteiger partial charge is 0.392 e. The van der Waals surface area contributed by atoms with Gasteiger partial charge < -0.3 is 14.7 Å². The van der Waals surface area contributed by atoms with E-state index in [2.05, 4.69) is 17.9 Å². The number of nitrogens with zero attached hydrogens (tertiary/aromatic N) is 1. The van der Waals surface area contributed by atoms with E-state index in [0.717, 1.165) is 51.9 Å². The summed E-state index contributed by atoms with van der Waals surface area (Å²) in [6.07, 6.45) is 4.10. The van der Waals surface area contributed by atoms with Gasteiger partial charge in [-0.15, -0.1) is 11.3 Å². The first-order chi connectivity index (χ1) is 9.63. The highest BCUT2D eigenvalue weighted by Gasteiger charge is 2.41. The number of piperidine rings is 1. The van der Waals surface area contributed by atoms with E-state index in [9.17, 15) is 5.11 Å². The molecule has 3 rings (SSSR count). The molecule has 20 heavy (non-hydrogen) atoms. The molecule has 4 heteroatoms. The summed E-state index contributed by atoms with van der Waals surface area (Å²) in [5, 5.41) is 9.53. The highest BCUT2D eigenvalue weighted by Crippen LogP contribution is 2.44. The molecule has 0 saturated carbocycles. The molecule has 1 fully saturated rings. The standard InChI is InChI=1S/C16H25NO2S/c1-3-13-10-14-15(20-13)4-9-19-16(14)5-7-17(8-6-16)11-12(2)18/h10,12,18H,3-9,11H2,1-2H3. The Balaban J connectivity index is 1.77. The third-order valence-corrected chi connectivity index (χ3v) is 5.93. The first-order valence-electron chi connectivity index (χ1n) is 7.79. The second-order valence-corrected chi connectivity index (χ2v) is 7.37. The molecule has 1 unspecified atom stereocenters. The number of aliphatic hydroxyl groups excluding tert-OH is 1. The summed E-state index contributed by atoms with van der Waals surface area (Å²) in [5.41, 5.74) is 1.44. The van der Waals surface area contributed by atoms with Crippen molar-refractivity contribution in [1.82, 2.24) is 4.90 Å². The van der Waals surface area contributed by atoms with Crippen molar-refractivity contribution in [2.75, 3.05) is 26.2 Å². The maximum atomic E-state index is 9.53. The fraction of sp³-hybridized carbons (Fsp3) is 0.750. The Hall–Kier alpha value is -0.420. The van der Waals surface area contributed by atoms with Crippen molar-refractivity contribution >= 4 is 11.3 Å². The fourth-order valence-corrected chi connectivity index (χ4v) is 4.71. The zero-order valence-electron chi connectivity index (χ0n) is 12.5. The number of hydrogen-bond donors (Lipinski definition) is 1. The highest BCUT2D eigenvalue weighted by molar-refractivity contribution is 7.12. The number of ether oxygens (including phenoxy) is 1. The second-order valence-electron chi connectivity index (χ2n) is 6.15. The Morgan fingerprint density at radius 1 is 1.45 bits per heavy atom. The summed E-state index contributed by atoms with van der Waals surface area (Å²) in [4.78, 5) is 5.41. The molecule has 1 spiro atoms. The van der Waals surface area contributed by atoms with Gasteiger partial charge in [0, 0.05) is 35.8 Å². The van der Waals surface area contributed by atoms with Crippen molar-refractivity contribution in [3.05, 3.63) is 21.4 Å². The molecule has 0 amide bonds. The Morgan fingerprint density at radius 3 is 2.85 bits per heavy atom. The molecule has 1 aromatic rings. The molecular weight excluding hydrogens is 270 g/mol. The van der Waals surface area contributed by atoms with Gasteiger partial charge in [0.2, 0.25) is 0 Å². The predicted molar refractivity (Wildman–Crippen MR) is 82.4 cm³/mol. The Morgan fingerprint density at radius 2 is 2.20 bits per heavy atom. The average molecular weight is 295 g/mol. The molecule has 1 saturated heterocycles. The lowest BCUT2D eigenvalue weighted by Crippen LogP contribution is -2.47. The first-order valence-corrected chi connectivity index (χ1v) is 8.61. The summed E-state index contributed by atoms with van der Waals surface area (Å²) in [7, 11) is 0. The van der Waals surface area contributed by atoms with Crippen molar-refractivity contribution in [2.24, 2.45) is 0 Å². The van der Waals surface area contributed by atoms with Gasteiger partial charge in [-0.25, -0.2) is 0 Å². The SMILES string of the molecule is CCc1cc2c(s1)CCOC21CCN(CC(C)O)CC1. The number of aryl methyl sites for hydroxylation is 1. The molecule has 0 aliphatic carbocycles. The smallest absolute Gasteiger partial charge is 0.0966 e. The van der Waals surface area contributed by atoms with Crippen LogP contribution < -0.4 is 0 Å². The van der Waals surface area contributed by atoms with Crippen LogP contribution in [0.15, 0.2) is 6.07 Å². The Bertz CT molecular complexity index is 461. The zero-order valence-corrected chi connectivity index (χ0v) is 13.3. The van der Waals surface area contributed by atoms with Crippen molar-refractivity contribution in [2.45, 2.75) is 51.2 Å². The number of thiophene rings is 1. The van der Waals surface area contributed by atoms with Crippen LogP contribution >= 0.6 is 11.3 Å². The monoisotopic (exact) mass is 295 g/mol. The number of rotatable bonds is 3. The van der Waals surface area contributed by atoms with Crippen LogP contribution in [0.4, 0.5) is 0 Å². The molecule has 1 aromatic heterocycles. The second kappa shape index (κ2) is 5.76. The molecule has 2 aliphatic heterocycles. The Kier molecular flexibility index (Phi) is 4.18. The normalized spacial score (nSPS) is 23.8. The van der Waals surface area contributed by atoms with Crippen molar-refractivity contribution < 1.29 is 9.84 Å². The van der Waals surface area contributed by atoms with E-state index in [4.69, 9.17) is 4.74 Å². The fourth-order valence-electron chi connectivity index (χ4n) is 3.53. The Labute approximate surface area is 125 Å². The van der Waals surface area contributed by atoms with Gasteiger partial charge >= 0.3 is 0 Å². The predicted octanol–water partition coefficient (Wildman–Crippen LogP) is 2.56. The van der Waals surface area contributed by atoms with E-state index < -0.39 is 0 Å². The van der Waals surface area contributed by atoms with E-state index in [0.29, 0.717) is 0 Å². The quantitative estimate of drug-likeness (QED) is 0.930. The van der Waals surface area contributed by atoms with Crippen molar-refractivity contribution in [1.29, 1.82) is 0 Å². The van der Waals surface area contributed by atoms with Gasteiger partial charge in [0.1, 0.15) is 0 Å². The van der Waals surface area contributed by atoms with Gasteiger partial charge in [0.25, 0.3) is 0 Å². The summed E-state index contributed by atoms with van der Waals surface area (Å²) in [6, 6.07) is 2.39. The maximum Gasteiger partial charge on any atom is 0.0966 e. The average Bonchev–Trinajstić information content (AvgIpc) is 2.86. The maximum absolute atomic E-state index is 9.53. The van der Waals surface area contributed by atoms with E-state index >= 15 is 0 Å². The lowest BCUT2D eigenvalue weighted by molar-refractivity contribution is -0.0997. The van der Waals surface area contributed by atoms with E-state index in [1.165, 1.54) is 10.4 Å².